The Morgan fingerprint density at radius 1 is 1.04 bits per heavy atom. The van der Waals surface area contributed by atoms with Gasteiger partial charge in [0, 0.05) is 17.7 Å². The molecular formula is C21H19NO3S. The van der Waals surface area contributed by atoms with Crippen LogP contribution in [0.3, 0.4) is 0 Å². The molecule has 1 aliphatic heterocycles. The standard InChI is InChI=1S/C21H19NO3S/c1-17-12-14-20(15-13-17)26(24,25)22-16-6-11-19(21(22)23)10-5-9-18-7-3-2-4-8-18/h2-4,7-8,10,12-15H,6,11,16H2,1H3/b19-10+. The Morgan fingerprint density at radius 3 is 2.42 bits per heavy atom. The summed E-state index contributed by atoms with van der Waals surface area (Å²) in [6, 6.07) is 16.0. The molecule has 0 spiro atoms. The first-order valence-corrected chi connectivity index (χ1v) is 9.82. The normalized spacial score (nSPS) is 16.3. The summed E-state index contributed by atoms with van der Waals surface area (Å²) in [5.41, 5.74) is 2.23. The number of rotatable bonds is 2. The summed E-state index contributed by atoms with van der Waals surface area (Å²) < 4.78 is 26.5. The van der Waals surface area contributed by atoms with E-state index >= 15 is 0 Å². The second kappa shape index (κ2) is 7.59. The monoisotopic (exact) mass is 365 g/mol. The van der Waals surface area contributed by atoms with Crippen LogP contribution in [0.15, 0.2) is 71.1 Å². The molecule has 0 N–H and O–H groups in total. The summed E-state index contributed by atoms with van der Waals surface area (Å²) in [6.45, 7) is 2.08. The van der Waals surface area contributed by atoms with Crippen molar-refractivity contribution in [1.29, 1.82) is 0 Å². The highest BCUT2D eigenvalue weighted by Gasteiger charge is 2.33. The highest BCUT2D eigenvalue weighted by Crippen LogP contribution is 2.24. The van der Waals surface area contributed by atoms with Gasteiger partial charge in [-0.2, -0.15) is 0 Å². The maximum absolute atomic E-state index is 12.8. The summed E-state index contributed by atoms with van der Waals surface area (Å²) in [4.78, 5) is 12.8. The van der Waals surface area contributed by atoms with Crippen LogP contribution < -0.4 is 0 Å². The fraction of sp³-hybridized carbons (Fsp3) is 0.190. The van der Waals surface area contributed by atoms with E-state index in [1.165, 1.54) is 18.2 Å². The maximum Gasteiger partial charge on any atom is 0.266 e. The first kappa shape index (κ1) is 18.0. The molecule has 2 aromatic carbocycles. The van der Waals surface area contributed by atoms with Crippen molar-refractivity contribution >= 4 is 15.9 Å². The molecule has 5 heteroatoms. The van der Waals surface area contributed by atoms with Gasteiger partial charge in [-0.3, -0.25) is 4.79 Å². The number of hydrogen-bond acceptors (Lipinski definition) is 3. The zero-order valence-corrected chi connectivity index (χ0v) is 15.3. The molecule has 1 saturated heterocycles. The van der Waals surface area contributed by atoms with Gasteiger partial charge in [-0.25, -0.2) is 12.7 Å². The van der Waals surface area contributed by atoms with Crippen molar-refractivity contribution in [2.75, 3.05) is 6.54 Å². The maximum atomic E-state index is 12.8. The third-order valence-corrected chi connectivity index (χ3v) is 5.95. The van der Waals surface area contributed by atoms with Gasteiger partial charge in [0.15, 0.2) is 0 Å². The Kier molecular flexibility index (Phi) is 5.24. The molecule has 132 valence electrons. The van der Waals surface area contributed by atoms with Crippen LogP contribution in [0.5, 0.6) is 0 Å². The van der Waals surface area contributed by atoms with Crippen LogP contribution in [-0.4, -0.2) is 25.2 Å². The number of hydrogen-bond donors (Lipinski definition) is 0. The second-order valence-electron chi connectivity index (χ2n) is 6.10. The lowest BCUT2D eigenvalue weighted by Gasteiger charge is -2.27. The molecule has 1 fully saturated rings. The first-order valence-electron chi connectivity index (χ1n) is 8.38. The van der Waals surface area contributed by atoms with Crippen LogP contribution in [0.4, 0.5) is 0 Å². The SMILES string of the molecule is Cc1ccc(S(=O)(=O)N2CCC/C(=C\C#Cc3ccccc3)C2=O)cc1. The number of allylic oxidation sites excluding steroid dienone is 1. The van der Waals surface area contributed by atoms with E-state index < -0.39 is 15.9 Å². The van der Waals surface area contributed by atoms with E-state index in [0.29, 0.717) is 18.4 Å². The molecular weight excluding hydrogens is 346 g/mol. The Morgan fingerprint density at radius 2 is 1.73 bits per heavy atom. The first-order chi connectivity index (χ1) is 12.5. The van der Waals surface area contributed by atoms with E-state index in [2.05, 4.69) is 11.8 Å². The lowest BCUT2D eigenvalue weighted by molar-refractivity contribution is -0.123. The van der Waals surface area contributed by atoms with E-state index in [9.17, 15) is 13.2 Å². The van der Waals surface area contributed by atoms with E-state index in [1.807, 2.05) is 37.3 Å². The van der Waals surface area contributed by atoms with Gasteiger partial charge in [-0.05, 0) is 50.1 Å². The molecule has 4 nitrogen and oxygen atoms in total. The van der Waals surface area contributed by atoms with E-state index in [0.717, 1.165) is 15.4 Å². The molecule has 0 aliphatic carbocycles. The summed E-state index contributed by atoms with van der Waals surface area (Å²) in [7, 11) is -3.84. The molecule has 26 heavy (non-hydrogen) atoms. The summed E-state index contributed by atoms with van der Waals surface area (Å²) in [5.74, 6) is 5.34. The molecule has 2 aromatic rings. The third-order valence-electron chi connectivity index (χ3n) is 4.15. The van der Waals surface area contributed by atoms with Crippen molar-refractivity contribution in [1.82, 2.24) is 4.31 Å². The van der Waals surface area contributed by atoms with Crippen LogP contribution in [0.25, 0.3) is 0 Å². The van der Waals surface area contributed by atoms with Crippen LogP contribution in [-0.2, 0) is 14.8 Å². The van der Waals surface area contributed by atoms with Gasteiger partial charge in [-0.1, -0.05) is 47.7 Å². The molecule has 1 aliphatic rings. The predicted octanol–water partition coefficient (Wildman–Crippen LogP) is 3.28. The van der Waals surface area contributed by atoms with Gasteiger partial charge < -0.3 is 0 Å². The zero-order chi connectivity index (χ0) is 18.6. The van der Waals surface area contributed by atoms with Gasteiger partial charge >= 0.3 is 0 Å². The minimum atomic E-state index is -3.84. The summed E-state index contributed by atoms with van der Waals surface area (Å²) in [5, 5.41) is 0. The number of sulfonamides is 1. The molecule has 1 amide bonds. The van der Waals surface area contributed by atoms with Gasteiger partial charge in [0.05, 0.1) is 4.90 Å². The van der Waals surface area contributed by atoms with Gasteiger partial charge in [0.2, 0.25) is 0 Å². The van der Waals surface area contributed by atoms with Crippen LogP contribution in [0, 0.1) is 18.8 Å². The molecule has 3 rings (SSSR count). The second-order valence-corrected chi connectivity index (χ2v) is 7.97. The highest BCUT2D eigenvalue weighted by atomic mass is 32.2. The van der Waals surface area contributed by atoms with E-state index in [4.69, 9.17) is 0 Å². The molecule has 0 atom stereocenters. The average Bonchev–Trinajstić information content (AvgIpc) is 2.64. The number of piperidine rings is 1. The van der Waals surface area contributed by atoms with E-state index in [-0.39, 0.29) is 11.4 Å². The molecule has 0 saturated carbocycles. The zero-order valence-electron chi connectivity index (χ0n) is 14.5. The molecule has 1 heterocycles. The number of aryl methyl sites for hydroxylation is 1. The molecule has 0 radical (unpaired) electrons. The van der Waals surface area contributed by atoms with Crippen LogP contribution >= 0.6 is 0 Å². The topological polar surface area (TPSA) is 54.5 Å². The van der Waals surface area contributed by atoms with Crippen LogP contribution in [0.2, 0.25) is 0 Å². The summed E-state index contributed by atoms with van der Waals surface area (Å²) in [6.07, 6.45) is 2.66. The van der Waals surface area contributed by atoms with Crippen molar-refractivity contribution in [3.8, 4) is 11.8 Å². The number of carbonyl (C=O) groups is 1. The minimum Gasteiger partial charge on any atom is -0.268 e. The Balaban J connectivity index is 1.85. The fourth-order valence-corrected chi connectivity index (χ4v) is 4.15. The largest absolute Gasteiger partial charge is 0.268 e. The Labute approximate surface area is 154 Å². The predicted molar refractivity (Wildman–Crippen MR) is 101 cm³/mol. The quantitative estimate of drug-likeness (QED) is 0.606. The molecule has 0 bridgehead atoms. The lowest BCUT2D eigenvalue weighted by atomic mass is 10.1. The van der Waals surface area contributed by atoms with Crippen molar-refractivity contribution < 1.29 is 13.2 Å². The minimum absolute atomic E-state index is 0.132. The number of carbonyl (C=O) groups excluding carboxylic acids is 1. The average molecular weight is 365 g/mol. The van der Waals surface area contributed by atoms with Crippen molar-refractivity contribution in [2.45, 2.75) is 24.7 Å². The highest BCUT2D eigenvalue weighted by molar-refractivity contribution is 7.89. The number of amides is 1. The van der Waals surface area contributed by atoms with Gasteiger partial charge in [0.25, 0.3) is 15.9 Å². The lowest BCUT2D eigenvalue weighted by Crippen LogP contribution is -2.41. The molecule has 0 unspecified atom stereocenters. The Bertz CT molecular complexity index is 995. The van der Waals surface area contributed by atoms with Gasteiger partial charge in [0.1, 0.15) is 0 Å². The van der Waals surface area contributed by atoms with E-state index in [1.54, 1.807) is 12.1 Å². The summed E-state index contributed by atoms with van der Waals surface area (Å²) >= 11 is 0. The smallest absolute Gasteiger partial charge is 0.266 e. The number of benzene rings is 2. The van der Waals surface area contributed by atoms with Crippen molar-refractivity contribution in [2.24, 2.45) is 0 Å². The van der Waals surface area contributed by atoms with Crippen molar-refractivity contribution in [3.63, 3.8) is 0 Å². The number of nitrogens with zero attached hydrogens (tertiary/aromatic N) is 1. The third kappa shape index (κ3) is 3.87. The van der Waals surface area contributed by atoms with Gasteiger partial charge in [-0.15, -0.1) is 0 Å². The fourth-order valence-electron chi connectivity index (χ4n) is 2.71. The van der Waals surface area contributed by atoms with Crippen molar-refractivity contribution in [3.05, 3.63) is 77.4 Å². The molecule has 0 aromatic heterocycles. The van der Waals surface area contributed by atoms with Crippen LogP contribution in [0.1, 0.15) is 24.0 Å². The Hall–Kier alpha value is -2.84.